The van der Waals surface area contributed by atoms with Gasteiger partial charge in [-0.3, -0.25) is 4.79 Å². The van der Waals surface area contributed by atoms with E-state index in [1.54, 1.807) is 25.3 Å². The van der Waals surface area contributed by atoms with Crippen molar-refractivity contribution < 1.29 is 14.3 Å². The van der Waals surface area contributed by atoms with E-state index in [2.05, 4.69) is 20.8 Å². The first-order valence-electron chi connectivity index (χ1n) is 8.72. The van der Waals surface area contributed by atoms with Gasteiger partial charge in [0.1, 0.15) is 6.33 Å². The van der Waals surface area contributed by atoms with Crippen LogP contribution in [0.2, 0.25) is 0 Å². The van der Waals surface area contributed by atoms with Crippen LogP contribution >= 0.6 is 0 Å². The van der Waals surface area contributed by atoms with Gasteiger partial charge in [-0.1, -0.05) is 6.07 Å². The van der Waals surface area contributed by atoms with Crippen LogP contribution in [0.3, 0.4) is 0 Å². The summed E-state index contributed by atoms with van der Waals surface area (Å²) in [7, 11) is 1.59. The quantitative estimate of drug-likeness (QED) is 0.634. The Kier molecular flexibility index (Phi) is 6.01. The fraction of sp³-hybridized carbons (Fsp3) is 0.200. The predicted molar refractivity (Wildman–Crippen MR) is 106 cm³/mol. The van der Waals surface area contributed by atoms with E-state index in [0.717, 1.165) is 11.3 Å². The third-order valence-corrected chi connectivity index (χ3v) is 3.73. The molecule has 8 nitrogen and oxygen atoms in total. The van der Waals surface area contributed by atoms with Crippen LogP contribution in [0, 0.1) is 0 Å². The Bertz CT molecular complexity index is 950. The third-order valence-electron chi connectivity index (χ3n) is 3.73. The molecular formula is C20H21N5O3. The molecule has 0 aliphatic rings. The van der Waals surface area contributed by atoms with Crippen molar-refractivity contribution in [2.75, 3.05) is 12.4 Å². The van der Waals surface area contributed by atoms with Crippen LogP contribution in [0.1, 0.15) is 19.4 Å². The molecule has 0 spiro atoms. The highest BCUT2D eigenvalue weighted by Crippen LogP contribution is 2.29. The SMILES string of the molecule is COc1cc(/C=C/C(=O)Nc2ccc(-n3cnnn3)cc2)ccc1OC(C)C. The predicted octanol–water partition coefficient (Wildman–Crippen LogP) is 3.11. The van der Waals surface area contributed by atoms with E-state index in [1.807, 2.05) is 44.2 Å². The smallest absolute Gasteiger partial charge is 0.248 e. The number of carbonyl (C=O) groups is 1. The number of hydrogen-bond acceptors (Lipinski definition) is 6. The number of nitrogens with one attached hydrogen (secondary N) is 1. The largest absolute Gasteiger partial charge is 0.493 e. The van der Waals surface area contributed by atoms with E-state index in [4.69, 9.17) is 9.47 Å². The van der Waals surface area contributed by atoms with E-state index >= 15 is 0 Å². The van der Waals surface area contributed by atoms with Crippen LogP contribution < -0.4 is 14.8 Å². The molecule has 8 heteroatoms. The Balaban J connectivity index is 1.63. The van der Waals surface area contributed by atoms with Crippen molar-refractivity contribution in [1.29, 1.82) is 0 Å². The maximum absolute atomic E-state index is 12.2. The molecule has 0 bridgehead atoms. The molecule has 0 unspecified atom stereocenters. The number of ether oxygens (including phenoxy) is 2. The molecule has 1 heterocycles. The van der Waals surface area contributed by atoms with Gasteiger partial charge in [0.25, 0.3) is 0 Å². The Hall–Kier alpha value is -3.68. The van der Waals surface area contributed by atoms with Gasteiger partial charge in [-0.25, -0.2) is 4.68 Å². The summed E-state index contributed by atoms with van der Waals surface area (Å²) in [4.78, 5) is 12.2. The molecule has 0 fully saturated rings. The van der Waals surface area contributed by atoms with Crippen LogP contribution in [0.5, 0.6) is 11.5 Å². The lowest BCUT2D eigenvalue weighted by Gasteiger charge is -2.13. The summed E-state index contributed by atoms with van der Waals surface area (Å²) >= 11 is 0. The number of nitrogens with zero attached hydrogens (tertiary/aromatic N) is 4. The van der Waals surface area contributed by atoms with Crippen LogP contribution in [0.4, 0.5) is 5.69 Å². The number of amides is 1. The van der Waals surface area contributed by atoms with Gasteiger partial charge < -0.3 is 14.8 Å². The summed E-state index contributed by atoms with van der Waals surface area (Å²) in [5.74, 6) is 1.05. The van der Waals surface area contributed by atoms with Crippen molar-refractivity contribution in [3.63, 3.8) is 0 Å². The second kappa shape index (κ2) is 8.81. The Morgan fingerprint density at radius 1 is 1.14 bits per heavy atom. The molecule has 0 aliphatic carbocycles. The number of carbonyl (C=O) groups excluding carboxylic acids is 1. The van der Waals surface area contributed by atoms with Crippen LogP contribution in [0.25, 0.3) is 11.8 Å². The van der Waals surface area contributed by atoms with E-state index in [1.165, 1.54) is 17.1 Å². The summed E-state index contributed by atoms with van der Waals surface area (Å²) in [6, 6.07) is 12.7. The van der Waals surface area contributed by atoms with Crippen molar-refractivity contribution >= 4 is 17.7 Å². The van der Waals surface area contributed by atoms with Gasteiger partial charge in [-0.15, -0.1) is 5.10 Å². The summed E-state index contributed by atoms with van der Waals surface area (Å²) in [5, 5.41) is 13.8. The van der Waals surface area contributed by atoms with Gasteiger partial charge >= 0.3 is 0 Å². The number of aromatic nitrogens is 4. The second-order valence-corrected chi connectivity index (χ2v) is 6.20. The zero-order valence-electron chi connectivity index (χ0n) is 15.9. The van der Waals surface area contributed by atoms with Gasteiger partial charge in [-0.05, 0) is 72.3 Å². The number of anilines is 1. The lowest BCUT2D eigenvalue weighted by Crippen LogP contribution is -2.08. The summed E-state index contributed by atoms with van der Waals surface area (Å²) in [5.41, 5.74) is 2.30. The molecule has 1 amide bonds. The van der Waals surface area contributed by atoms with Crippen molar-refractivity contribution in [3.8, 4) is 17.2 Å². The zero-order chi connectivity index (χ0) is 19.9. The first kappa shape index (κ1) is 19.1. The lowest BCUT2D eigenvalue weighted by molar-refractivity contribution is -0.111. The lowest BCUT2D eigenvalue weighted by atomic mass is 10.2. The van der Waals surface area contributed by atoms with Crippen LogP contribution in [-0.4, -0.2) is 39.3 Å². The van der Waals surface area contributed by atoms with Gasteiger partial charge in [-0.2, -0.15) is 0 Å². The molecule has 144 valence electrons. The number of benzene rings is 2. The van der Waals surface area contributed by atoms with E-state index in [0.29, 0.717) is 17.2 Å². The molecule has 2 aromatic carbocycles. The molecule has 0 aliphatic heterocycles. The molecule has 0 saturated heterocycles. The maximum atomic E-state index is 12.2. The summed E-state index contributed by atoms with van der Waals surface area (Å²) in [6.07, 6.45) is 4.73. The average Bonchev–Trinajstić information content (AvgIpc) is 3.22. The minimum Gasteiger partial charge on any atom is -0.493 e. The third kappa shape index (κ3) is 4.94. The Morgan fingerprint density at radius 2 is 1.93 bits per heavy atom. The molecule has 28 heavy (non-hydrogen) atoms. The molecule has 1 aromatic heterocycles. The normalized spacial score (nSPS) is 11.0. The summed E-state index contributed by atoms with van der Waals surface area (Å²) in [6.45, 7) is 3.90. The zero-order valence-corrected chi connectivity index (χ0v) is 15.9. The molecule has 0 saturated carbocycles. The van der Waals surface area contributed by atoms with Crippen molar-refractivity contribution in [1.82, 2.24) is 20.2 Å². The fourth-order valence-electron chi connectivity index (χ4n) is 2.47. The van der Waals surface area contributed by atoms with E-state index in [-0.39, 0.29) is 12.0 Å². The van der Waals surface area contributed by atoms with Gasteiger partial charge in [0.05, 0.1) is 18.9 Å². The van der Waals surface area contributed by atoms with E-state index < -0.39 is 0 Å². The van der Waals surface area contributed by atoms with Gasteiger partial charge in [0.2, 0.25) is 5.91 Å². The molecule has 0 atom stereocenters. The van der Waals surface area contributed by atoms with Crippen LogP contribution in [0.15, 0.2) is 54.9 Å². The Labute approximate surface area is 162 Å². The van der Waals surface area contributed by atoms with Crippen molar-refractivity contribution in [3.05, 3.63) is 60.4 Å². The summed E-state index contributed by atoms with van der Waals surface area (Å²) < 4.78 is 12.6. The highest BCUT2D eigenvalue weighted by atomic mass is 16.5. The molecule has 3 rings (SSSR count). The maximum Gasteiger partial charge on any atom is 0.248 e. The number of methoxy groups -OCH3 is 1. The standard InChI is InChI=1S/C20H21N5O3/c1-14(2)28-18-10-4-15(12-19(18)27-3)5-11-20(26)22-16-6-8-17(9-7-16)25-13-21-23-24-25/h4-14H,1-3H3,(H,22,26)/b11-5+. The monoisotopic (exact) mass is 379 g/mol. The first-order valence-corrected chi connectivity index (χ1v) is 8.72. The second-order valence-electron chi connectivity index (χ2n) is 6.20. The minimum absolute atomic E-state index is 0.0493. The fourth-order valence-corrected chi connectivity index (χ4v) is 2.47. The number of rotatable bonds is 7. The first-order chi connectivity index (χ1) is 13.5. The molecule has 3 aromatic rings. The number of hydrogen-bond donors (Lipinski definition) is 1. The van der Waals surface area contributed by atoms with E-state index in [9.17, 15) is 4.79 Å². The molecular weight excluding hydrogens is 358 g/mol. The number of tetrazole rings is 1. The Morgan fingerprint density at radius 3 is 2.57 bits per heavy atom. The minimum atomic E-state index is -0.239. The molecule has 1 N–H and O–H groups in total. The van der Waals surface area contributed by atoms with Crippen LogP contribution in [-0.2, 0) is 4.79 Å². The highest BCUT2D eigenvalue weighted by molar-refractivity contribution is 6.02. The van der Waals surface area contributed by atoms with Crippen molar-refractivity contribution in [2.45, 2.75) is 20.0 Å². The topological polar surface area (TPSA) is 91.2 Å². The van der Waals surface area contributed by atoms with Gasteiger partial charge in [0, 0.05) is 11.8 Å². The highest BCUT2D eigenvalue weighted by Gasteiger charge is 2.07. The van der Waals surface area contributed by atoms with Gasteiger partial charge in [0.15, 0.2) is 11.5 Å². The van der Waals surface area contributed by atoms with Crippen molar-refractivity contribution in [2.24, 2.45) is 0 Å². The molecule has 0 radical (unpaired) electrons. The average molecular weight is 379 g/mol.